The molecule has 16 atom stereocenters. The fourth-order valence-corrected chi connectivity index (χ4v) is 6.44. The van der Waals surface area contributed by atoms with E-state index in [1.54, 1.807) is 0 Å². The summed E-state index contributed by atoms with van der Waals surface area (Å²) in [5.74, 6) is -31.7. The zero-order valence-electron chi connectivity index (χ0n) is 91.1. The molecule has 0 aliphatic carbocycles. The van der Waals surface area contributed by atoms with E-state index in [-0.39, 0.29) is 287 Å². The third-order valence-electron chi connectivity index (χ3n) is 17.3. The van der Waals surface area contributed by atoms with Crippen molar-refractivity contribution in [1.29, 1.82) is 0 Å². The second-order valence-corrected chi connectivity index (χ2v) is 26.6. The number of carboxylic acids is 8. The van der Waals surface area contributed by atoms with Crippen LogP contribution in [0.1, 0.15) is 129 Å². The molecule has 0 rings (SSSR count). The van der Waals surface area contributed by atoms with Crippen LogP contribution in [-0.4, -0.2) is 244 Å². The number of nitrogens with one attached hydrogen (secondary N) is 4. The molecule has 0 aromatic heterocycles. The average molecular weight is 2060 g/mol. The monoisotopic (exact) mass is 2060 g/mol. The van der Waals surface area contributed by atoms with Gasteiger partial charge in [-0.15, -0.1) is 0 Å². The van der Waals surface area contributed by atoms with Crippen molar-refractivity contribution < 1.29 is 461 Å². The number of carboxylic acid groups (broad SMARTS) is 8. The van der Waals surface area contributed by atoms with Gasteiger partial charge in [-0.05, 0) is 25.2 Å². The first kappa shape index (κ1) is 168. The van der Waals surface area contributed by atoms with Gasteiger partial charge >= 0.3 is 356 Å². The first-order chi connectivity index (χ1) is 60.0. The fourth-order valence-electron chi connectivity index (χ4n) is 6.44. The number of carbonyl (C=O) groups is 24. The Kier molecular flexibility index (Phi) is 120. The van der Waals surface area contributed by atoms with Crippen molar-refractivity contribution in [3.8, 4) is 0 Å². The van der Waals surface area contributed by atoms with E-state index in [4.69, 9.17) is 50.3 Å². The van der Waals surface area contributed by atoms with E-state index < -0.39 is 259 Å². The fraction of sp³-hybridized carbons (Fsp3) is 0.512. The number of rotatable bonds is 49. The molecule has 0 aromatic carbocycles. The normalized spacial score (nSPS) is 12.6. The Morgan fingerprint density at radius 2 is 0.384 bits per heavy atom. The van der Waals surface area contributed by atoms with Gasteiger partial charge in [0.1, 0.15) is 6.61 Å². The molecule has 748 valence electrons. The second kappa shape index (κ2) is 99.0. The molecular weight excluding hydrogens is 1930 g/mol. The third kappa shape index (κ3) is 87.0. The van der Waals surface area contributed by atoms with Crippen LogP contribution in [0, 0.1) is 94.7 Å². The van der Waals surface area contributed by atoms with E-state index >= 15 is 0 Å². The van der Waals surface area contributed by atoms with Gasteiger partial charge in [0.05, 0.1) is 101 Å². The van der Waals surface area contributed by atoms with E-state index in [0.29, 0.717) is 5.57 Å². The molecule has 0 aliphatic rings. The maximum absolute atomic E-state index is 11.4. The Labute approximate surface area is 987 Å². The molecular formula is C82H128N4Na8O44. The van der Waals surface area contributed by atoms with Gasteiger partial charge in [-0.1, -0.05) is 163 Å². The van der Waals surface area contributed by atoms with Crippen LogP contribution in [0.2, 0.25) is 0 Å². The summed E-state index contributed by atoms with van der Waals surface area (Å²) in [6.07, 6.45) is 6.90. The predicted molar refractivity (Wildman–Crippen MR) is 452 cm³/mol. The Bertz CT molecular complexity index is 3520. The topological polar surface area (TPSA) is 730 Å². The standard InChI is InChI=1S/2C11H17NO5.2C10H15NO5.4C10H14O6.8Na.8H/c1-6(2)9(13)12-5-17-11(16)8(4)7(3)10(14)15;1-4-9(13)12-5-6-17-11(16)8(3)7(2)10(14)15;2*1-4-8(12)11-5-16-10(15)7(3)6(2)9(13)14;4*1-4-8(11)15-5-16-10(14)7(3)6(2)9(12)13;;;;;;;;;;;;;;;;/h7-8H,1,5H2,2-4H3,(H,12,13)(H,14,15);4,7-8H,1,5-6H2,2-3H3,(H,12,13)(H,14,15);2*4,6-7H,1,5H2,2-3H3,(H,11,12)(H,13,14);4*4,6-7H,1,5H2,2-3H3,(H,12,13);;;;;;;;;;;;;;;;/q;;;;;;;;8*+1;8*-1. The quantitative estimate of drug-likeness (QED) is 0.00672. The summed E-state index contributed by atoms with van der Waals surface area (Å²) < 4.78 is 54.7. The van der Waals surface area contributed by atoms with Gasteiger partial charge in [-0.25, -0.2) is 19.2 Å². The number of hydrogen-bond acceptors (Lipinski definition) is 36. The van der Waals surface area contributed by atoms with Crippen molar-refractivity contribution in [2.24, 2.45) is 94.7 Å². The van der Waals surface area contributed by atoms with Crippen molar-refractivity contribution in [3.05, 3.63) is 101 Å². The van der Waals surface area contributed by atoms with Crippen LogP contribution < -0.4 is 258 Å². The maximum Gasteiger partial charge on any atom is 1.00 e. The maximum atomic E-state index is 11.4. The largest absolute Gasteiger partial charge is 1.00 e. The molecule has 0 fully saturated rings. The number of esters is 12. The zero-order valence-corrected chi connectivity index (χ0v) is 99.1. The molecule has 0 aromatic rings. The number of carbonyl (C=O) groups excluding carboxylic acids is 16. The molecule has 12 N–H and O–H groups in total. The van der Waals surface area contributed by atoms with Gasteiger partial charge < -0.3 is 130 Å². The van der Waals surface area contributed by atoms with Gasteiger partial charge in [0, 0.05) is 29.9 Å². The molecule has 0 saturated heterocycles. The Balaban J connectivity index is -0.0000000521. The van der Waals surface area contributed by atoms with Crippen molar-refractivity contribution >= 4 is 143 Å². The van der Waals surface area contributed by atoms with Crippen LogP contribution in [0.15, 0.2) is 101 Å². The van der Waals surface area contributed by atoms with Crippen LogP contribution in [-0.2, 0) is 172 Å². The molecule has 0 heterocycles. The van der Waals surface area contributed by atoms with Gasteiger partial charge in [-0.2, -0.15) is 0 Å². The first-order valence-electron chi connectivity index (χ1n) is 38.0. The van der Waals surface area contributed by atoms with E-state index in [9.17, 15) is 115 Å². The average Bonchev–Trinajstić information content (AvgIpc) is 0.964. The Morgan fingerprint density at radius 3 is 0.536 bits per heavy atom. The van der Waals surface area contributed by atoms with Crippen molar-refractivity contribution in [2.45, 2.75) is 118 Å². The van der Waals surface area contributed by atoms with Crippen molar-refractivity contribution in [2.75, 3.05) is 60.5 Å². The summed E-state index contributed by atoms with van der Waals surface area (Å²) in [6.45, 7) is 47.2. The summed E-state index contributed by atoms with van der Waals surface area (Å²) in [7, 11) is 0. The SMILES string of the molecule is C=C(C)C(=O)NCOC(=O)C(C)C(C)C(=O)O.C=CC(=O)NCCOC(=O)C(C)C(C)C(=O)O.C=CC(=O)NCOC(=O)C(C)C(C)C(=O)O.C=CC(=O)NCOC(=O)C(C)C(C)C(=O)O.C=CC(=O)OCOC(=O)C(C)C(C)C(=O)O.C=CC(=O)OCOC(=O)C(C)C(C)C(=O)O.C=CC(=O)OCOC(=O)C(C)C(C)C(=O)O.C=CC(=O)OCOC(=O)C(C)C(C)C(=O)O.[H-].[H-].[H-].[H-].[H-].[H-].[H-].[H-].[Na+].[Na+].[Na+].[Na+].[Na+].[Na+].[Na+].[Na+]. The van der Waals surface area contributed by atoms with Crippen LogP contribution in [0.3, 0.4) is 0 Å². The zero-order chi connectivity index (χ0) is 103. The van der Waals surface area contributed by atoms with Crippen LogP contribution in [0.5, 0.6) is 0 Å². The number of hydrogen-bond donors (Lipinski definition) is 12. The van der Waals surface area contributed by atoms with Crippen LogP contribution >= 0.6 is 0 Å². The number of ether oxygens (including phenoxy) is 12. The minimum atomic E-state index is -1.09. The van der Waals surface area contributed by atoms with Crippen LogP contribution in [0.25, 0.3) is 0 Å². The third-order valence-corrected chi connectivity index (χ3v) is 17.3. The summed E-state index contributed by atoms with van der Waals surface area (Å²) in [5, 5.41) is 78.5. The first-order valence-corrected chi connectivity index (χ1v) is 38.0. The predicted octanol–water partition coefficient (Wildman–Crippen LogP) is -19.8. The molecule has 4 amide bonds. The minimum Gasteiger partial charge on any atom is -1.00 e. The van der Waals surface area contributed by atoms with Gasteiger partial charge in [-0.3, -0.25) is 95.9 Å². The molecule has 0 spiro atoms. The smallest absolute Gasteiger partial charge is 1.00 e. The molecule has 0 radical (unpaired) electrons. The molecule has 0 saturated carbocycles. The van der Waals surface area contributed by atoms with E-state index in [2.05, 4.69) is 121 Å². The summed E-state index contributed by atoms with van der Waals surface area (Å²) in [4.78, 5) is 261. The van der Waals surface area contributed by atoms with Crippen molar-refractivity contribution in [3.63, 3.8) is 0 Å². The summed E-state index contributed by atoms with van der Waals surface area (Å²) in [5.41, 5.74) is 0.299. The molecule has 56 heteroatoms. The van der Waals surface area contributed by atoms with E-state index in [0.717, 1.165) is 42.5 Å². The van der Waals surface area contributed by atoms with E-state index in [1.807, 2.05) is 0 Å². The summed E-state index contributed by atoms with van der Waals surface area (Å²) >= 11 is 0. The second-order valence-electron chi connectivity index (χ2n) is 26.6. The molecule has 0 bridgehead atoms. The minimum absolute atomic E-state index is 0. The number of amides is 4. The van der Waals surface area contributed by atoms with Gasteiger partial charge in [0.15, 0.2) is 20.2 Å². The molecule has 138 heavy (non-hydrogen) atoms. The Hall–Kier alpha value is -6.80. The molecule has 48 nitrogen and oxygen atoms in total. The number of aliphatic carboxylic acids is 8. The van der Waals surface area contributed by atoms with Crippen molar-refractivity contribution in [1.82, 2.24) is 21.3 Å². The molecule has 0 aliphatic heterocycles. The summed E-state index contributed by atoms with van der Waals surface area (Å²) in [6, 6.07) is 0. The van der Waals surface area contributed by atoms with Crippen LogP contribution in [0.4, 0.5) is 0 Å². The van der Waals surface area contributed by atoms with E-state index in [1.165, 1.54) is 118 Å². The van der Waals surface area contributed by atoms with Gasteiger partial charge in [0.25, 0.3) is 0 Å². The molecule has 16 unspecified atom stereocenters. The van der Waals surface area contributed by atoms with Gasteiger partial charge in [0.2, 0.25) is 50.8 Å². The Morgan fingerprint density at radius 1 is 0.232 bits per heavy atom.